The number of hydrogen-bond donors (Lipinski definition) is 1. The zero-order valence-corrected chi connectivity index (χ0v) is 18.8. The molecule has 0 atom stereocenters. The van der Waals surface area contributed by atoms with E-state index in [-0.39, 0.29) is 11.8 Å². The number of carbonyl (C=O) groups is 2. The van der Waals surface area contributed by atoms with Crippen molar-refractivity contribution in [3.63, 3.8) is 0 Å². The van der Waals surface area contributed by atoms with Crippen LogP contribution in [0, 0.1) is 3.57 Å². The molecular formula is C24H23IN2O2. The van der Waals surface area contributed by atoms with Crippen LogP contribution in [0.2, 0.25) is 0 Å². The van der Waals surface area contributed by atoms with Gasteiger partial charge in [-0.05, 0) is 94.8 Å². The predicted molar refractivity (Wildman–Crippen MR) is 124 cm³/mol. The van der Waals surface area contributed by atoms with Crippen LogP contribution in [0.15, 0.2) is 42.5 Å². The number of benzene rings is 2. The third-order valence-corrected chi connectivity index (χ3v) is 6.98. The van der Waals surface area contributed by atoms with Gasteiger partial charge in [-0.25, -0.2) is 0 Å². The number of primary amides is 1. The van der Waals surface area contributed by atoms with Gasteiger partial charge in [0.25, 0.3) is 0 Å². The highest BCUT2D eigenvalue weighted by molar-refractivity contribution is 14.1. The van der Waals surface area contributed by atoms with Gasteiger partial charge in [-0.2, -0.15) is 0 Å². The normalized spacial score (nSPS) is 15.2. The summed E-state index contributed by atoms with van der Waals surface area (Å²) in [5, 5.41) is 0. The molecule has 5 heteroatoms. The van der Waals surface area contributed by atoms with E-state index in [1.54, 1.807) is 0 Å². The van der Waals surface area contributed by atoms with Crippen LogP contribution in [-0.2, 0) is 24.2 Å². The minimum absolute atomic E-state index is 0.0308. The Morgan fingerprint density at radius 3 is 2.66 bits per heavy atom. The second kappa shape index (κ2) is 7.44. The van der Waals surface area contributed by atoms with Gasteiger partial charge in [-0.1, -0.05) is 30.4 Å². The number of hydrogen-bond acceptors (Lipinski definition) is 2. The van der Waals surface area contributed by atoms with E-state index in [1.807, 2.05) is 11.0 Å². The first-order chi connectivity index (χ1) is 13.8. The van der Waals surface area contributed by atoms with Gasteiger partial charge >= 0.3 is 0 Å². The molecule has 29 heavy (non-hydrogen) atoms. The lowest BCUT2D eigenvalue weighted by molar-refractivity contribution is -0.126. The Morgan fingerprint density at radius 1 is 1.21 bits per heavy atom. The minimum Gasteiger partial charge on any atom is -0.366 e. The van der Waals surface area contributed by atoms with Crippen molar-refractivity contribution in [1.82, 2.24) is 4.90 Å². The molecular weight excluding hydrogens is 475 g/mol. The van der Waals surface area contributed by atoms with E-state index in [4.69, 9.17) is 5.73 Å². The number of nitrogens with zero attached hydrogens (tertiary/aromatic N) is 1. The van der Waals surface area contributed by atoms with E-state index in [2.05, 4.69) is 61.2 Å². The highest BCUT2D eigenvalue weighted by atomic mass is 127. The SMILES string of the molecule is C=CC(=O)N1CCc2c(cccc2-c2c(I)cc(C(N)=O)c3c2C(C)=C(C)C3)C1. The summed E-state index contributed by atoms with van der Waals surface area (Å²) in [6.45, 7) is 9.14. The van der Waals surface area contributed by atoms with Crippen molar-refractivity contribution in [3.8, 4) is 11.1 Å². The summed E-state index contributed by atoms with van der Waals surface area (Å²) in [4.78, 5) is 26.0. The monoisotopic (exact) mass is 498 g/mol. The molecule has 1 heterocycles. The first kappa shape index (κ1) is 19.9. The average molecular weight is 498 g/mol. The fourth-order valence-corrected chi connectivity index (χ4v) is 5.42. The number of nitrogens with two attached hydrogens (primary N) is 1. The Hall–Kier alpha value is -2.41. The lowest BCUT2D eigenvalue weighted by atomic mass is 9.85. The van der Waals surface area contributed by atoms with E-state index in [1.165, 1.54) is 39.5 Å². The molecule has 2 aromatic rings. The van der Waals surface area contributed by atoms with Gasteiger partial charge in [-0.15, -0.1) is 0 Å². The number of halogens is 1. The molecule has 1 aliphatic heterocycles. The first-order valence-electron chi connectivity index (χ1n) is 9.67. The predicted octanol–water partition coefficient (Wildman–Crippen LogP) is 4.48. The Labute approximate surface area is 184 Å². The molecule has 4 rings (SSSR count). The number of fused-ring (bicyclic) bond motifs is 2. The van der Waals surface area contributed by atoms with Gasteiger partial charge in [0, 0.05) is 27.8 Å². The Kier molecular flexibility index (Phi) is 5.11. The van der Waals surface area contributed by atoms with Crippen molar-refractivity contribution in [2.24, 2.45) is 5.73 Å². The number of rotatable bonds is 3. The molecule has 2 aromatic carbocycles. The van der Waals surface area contributed by atoms with Crippen LogP contribution in [0.1, 0.15) is 46.5 Å². The molecule has 0 bridgehead atoms. The largest absolute Gasteiger partial charge is 0.366 e. The Bertz CT molecular complexity index is 1110. The molecule has 0 fully saturated rings. The van der Waals surface area contributed by atoms with Crippen LogP contribution in [0.3, 0.4) is 0 Å². The zero-order valence-electron chi connectivity index (χ0n) is 16.6. The summed E-state index contributed by atoms with van der Waals surface area (Å²) >= 11 is 2.32. The summed E-state index contributed by atoms with van der Waals surface area (Å²) in [6.07, 6.45) is 2.94. The molecule has 0 aromatic heterocycles. The van der Waals surface area contributed by atoms with E-state index < -0.39 is 0 Å². The van der Waals surface area contributed by atoms with Crippen LogP contribution < -0.4 is 5.73 Å². The van der Waals surface area contributed by atoms with Crippen molar-refractivity contribution < 1.29 is 9.59 Å². The van der Waals surface area contributed by atoms with Crippen molar-refractivity contribution in [2.45, 2.75) is 33.2 Å². The quantitative estimate of drug-likeness (QED) is 0.501. The first-order valence-corrected chi connectivity index (χ1v) is 10.8. The minimum atomic E-state index is -0.373. The molecule has 148 valence electrons. The van der Waals surface area contributed by atoms with Gasteiger partial charge in [0.1, 0.15) is 0 Å². The number of carbonyl (C=O) groups excluding carboxylic acids is 2. The van der Waals surface area contributed by atoms with Crippen LogP contribution in [-0.4, -0.2) is 23.3 Å². The van der Waals surface area contributed by atoms with Gasteiger partial charge in [-0.3, -0.25) is 9.59 Å². The van der Waals surface area contributed by atoms with Crippen LogP contribution in [0.4, 0.5) is 0 Å². The van der Waals surface area contributed by atoms with Crippen molar-refractivity contribution in [3.05, 3.63) is 73.9 Å². The zero-order chi connectivity index (χ0) is 20.9. The smallest absolute Gasteiger partial charge is 0.249 e. The molecule has 0 saturated carbocycles. The molecule has 0 radical (unpaired) electrons. The summed E-state index contributed by atoms with van der Waals surface area (Å²) in [5.74, 6) is -0.404. The molecule has 1 aliphatic carbocycles. The van der Waals surface area contributed by atoms with E-state index in [9.17, 15) is 9.59 Å². The van der Waals surface area contributed by atoms with Crippen molar-refractivity contribution >= 4 is 40.0 Å². The second-order valence-electron chi connectivity index (χ2n) is 7.74. The van der Waals surface area contributed by atoms with Gasteiger partial charge in [0.05, 0.1) is 0 Å². The molecule has 4 nitrogen and oxygen atoms in total. The molecule has 2 amide bonds. The lowest BCUT2D eigenvalue weighted by Gasteiger charge is -2.30. The van der Waals surface area contributed by atoms with Crippen LogP contribution >= 0.6 is 22.6 Å². The van der Waals surface area contributed by atoms with E-state index in [0.717, 1.165) is 27.5 Å². The topological polar surface area (TPSA) is 63.4 Å². The lowest BCUT2D eigenvalue weighted by Crippen LogP contribution is -2.35. The molecule has 0 spiro atoms. The maximum Gasteiger partial charge on any atom is 0.249 e. The molecule has 2 aliphatic rings. The molecule has 0 unspecified atom stereocenters. The fraction of sp³-hybridized carbons (Fsp3) is 0.250. The van der Waals surface area contributed by atoms with Crippen LogP contribution in [0.5, 0.6) is 0 Å². The summed E-state index contributed by atoms with van der Waals surface area (Å²) in [6, 6.07) is 8.24. The fourth-order valence-electron chi connectivity index (χ4n) is 4.54. The van der Waals surface area contributed by atoms with E-state index in [0.29, 0.717) is 18.7 Å². The van der Waals surface area contributed by atoms with Gasteiger partial charge in [0.2, 0.25) is 11.8 Å². The molecule has 0 saturated heterocycles. The number of amides is 2. The third kappa shape index (κ3) is 3.21. The summed E-state index contributed by atoms with van der Waals surface area (Å²) < 4.78 is 1.03. The standard InChI is InChI=1S/C24H23IN2O2/c1-4-21(28)27-9-8-16-15(12-27)6-5-7-17(16)23-20(25)11-19(24(26)29)18-10-13(2)14(3)22(18)23/h4-7,11H,1,8-10,12H2,2-3H3,(H2,26,29). The number of allylic oxidation sites excluding steroid dienone is 2. The van der Waals surface area contributed by atoms with E-state index >= 15 is 0 Å². The summed E-state index contributed by atoms with van der Waals surface area (Å²) in [7, 11) is 0. The third-order valence-electron chi connectivity index (χ3n) is 6.13. The van der Waals surface area contributed by atoms with Crippen molar-refractivity contribution in [1.29, 1.82) is 0 Å². The highest BCUT2D eigenvalue weighted by Gasteiger charge is 2.29. The van der Waals surface area contributed by atoms with Gasteiger partial charge in [0.15, 0.2) is 0 Å². The average Bonchev–Trinajstić information content (AvgIpc) is 3.00. The Balaban J connectivity index is 1.92. The molecule has 2 N–H and O–H groups in total. The maximum absolute atomic E-state index is 12.1. The van der Waals surface area contributed by atoms with Crippen LogP contribution in [0.25, 0.3) is 16.7 Å². The van der Waals surface area contributed by atoms with Crippen molar-refractivity contribution in [2.75, 3.05) is 6.54 Å². The second-order valence-corrected chi connectivity index (χ2v) is 8.90. The Morgan fingerprint density at radius 2 is 1.97 bits per heavy atom. The van der Waals surface area contributed by atoms with Gasteiger partial charge < -0.3 is 10.6 Å². The maximum atomic E-state index is 12.1. The highest BCUT2D eigenvalue weighted by Crippen LogP contribution is 2.45. The summed E-state index contributed by atoms with van der Waals surface area (Å²) in [5.41, 5.74) is 15.8.